The third kappa shape index (κ3) is 6.23. The molecule has 0 saturated carbocycles. The van der Waals surface area contributed by atoms with Crippen LogP contribution < -0.4 is 15.5 Å². The Kier molecular flexibility index (Phi) is 7.60. The minimum absolute atomic E-state index is 0.273. The summed E-state index contributed by atoms with van der Waals surface area (Å²) >= 11 is 6.93. The predicted molar refractivity (Wildman–Crippen MR) is 129 cm³/mol. The summed E-state index contributed by atoms with van der Waals surface area (Å²) in [6.07, 6.45) is 2.99. The number of ether oxygens (including phenoxy) is 1. The van der Waals surface area contributed by atoms with Crippen molar-refractivity contribution in [2.45, 2.75) is 9.92 Å². The Morgan fingerprint density at radius 1 is 1.03 bits per heavy atom. The van der Waals surface area contributed by atoms with Crippen LogP contribution in [-0.4, -0.2) is 42.2 Å². The van der Waals surface area contributed by atoms with E-state index in [9.17, 15) is 4.79 Å². The van der Waals surface area contributed by atoms with Gasteiger partial charge < -0.3 is 20.3 Å². The maximum atomic E-state index is 11.6. The van der Waals surface area contributed by atoms with E-state index >= 15 is 0 Å². The lowest BCUT2D eigenvalue weighted by Crippen LogP contribution is -2.36. The molecule has 0 atom stereocenters. The maximum Gasteiger partial charge on any atom is 0.249 e. The Bertz CT molecular complexity index is 1070. The Hall–Kier alpha value is -3.07. The second-order valence-corrected chi connectivity index (χ2v) is 8.24. The molecule has 1 aliphatic heterocycles. The first kappa shape index (κ1) is 22.1. The molecule has 1 amide bonds. The molecule has 164 valence electrons. The first-order valence-electron chi connectivity index (χ1n) is 10.1. The van der Waals surface area contributed by atoms with Gasteiger partial charge in [0, 0.05) is 52.9 Å². The van der Waals surface area contributed by atoms with Gasteiger partial charge in [-0.1, -0.05) is 23.4 Å². The van der Waals surface area contributed by atoms with Crippen molar-refractivity contribution in [2.24, 2.45) is 0 Å². The van der Waals surface area contributed by atoms with E-state index in [1.54, 1.807) is 6.20 Å². The summed E-state index contributed by atoms with van der Waals surface area (Å²) in [7, 11) is 0. The third-order valence-corrected chi connectivity index (χ3v) is 5.76. The molecule has 32 heavy (non-hydrogen) atoms. The van der Waals surface area contributed by atoms with Gasteiger partial charge in [-0.2, -0.15) is 0 Å². The number of nitrogens with one attached hydrogen (secondary N) is 2. The molecule has 1 aliphatic rings. The third-order valence-electron chi connectivity index (χ3n) is 4.69. The number of amides is 1. The second-order valence-electron chi connectivity index (χ2n) is 6.90. The van der Waals surface area contributed by atoms with Gasteiger partial charge in [-0.25, -0.2) is 9.97 Å². The lowest BCUT2D eigenvalue weighted by Gasteiger charge is -2.28. The molecule has 0 radical (unpaired) electrons. The quantitative estimate of drug-likeness (QED) is 0.378. The van der Waals surface area contributed by atoms with E-state index in [1.165, 1.54) is 29.1 Å². The first-order valence-corrected chi connectivity index (χ1v) is 11.3. The average molecular weight is 468 g/mol. The smallest absolute Gasteiger partial charge is 0.249 e. The Morgan fingerprint density at radius 3 is 2.47 bits per heavy atom. The molecule has 4 rings (SSSR count). The molecule has 1 fully saturated rings. The van der Waals surface area contributed by atoms with Crippen molar-refractivity contribution in [3.05, 3.63) is 72.4 Å². The number of benzene rings is 2. The van der Waals surface area contributed by atoms with Crippen LogP contribution in [0.2, 0.25) is 0 Å². The summed E-state index contributed by atoms with van der Waals surface area (Å²) in [5.41, 5.74) is 3.98. The largest absolute Gasteiger partial charge is 0.378 e. The molecule has 1 aromatic heterocycles. The van der Waals surface area contributed by atoms with Crippen molar-refractivity contribution < 1.29 is 9.53 Å². The number of nitrogens with zero attached hydrogens (tertiary/aromatic N) is 3. The van der Waals surface area contributed by atoms with Crippen LogP contribution in [0, 0.1) is 0 Å². The minimum atomic E-state index is -0.273. The van der Waals surface area contributed by atoms with Gasteiger partial charge >= 0.3 is 0 Å². The SMILES string of the molecule is O=C(C=CCl)Nc1ccc(Sc2ccnc(Nc3ccc(N4CCOCC4)cc3)n2)cc1. The zero-order valence-electron chi connectivity index (χ0n) is 17.2. The minimum Gasteiger partial charge on any atom is -0.378 e. The van der Waals surface area contributed by atoms with Crippen molar-refractivity contribution in [1.29, 1.82) is 0 Å². The number of carbonyl (C=O) groups excluding carboxylic acids is 1. The summed E-state index contributed by atoms with van der Waals surface area (Å²) in [5.74, 6) is 0.260. The van der Waals surface area contributed by atoms with E-state index in [-0.39, 0.29) is 5.91 Å². The highest BCUT2D eigenvalue weighted by Gasteiger charge is 2.11. The number of rotatable bonds is 7. The second kappa shape index (κ2) is 11.0. The molecule has 9 heteroatoms. The predicted octanol–water partition coefficient (Wildman–Crippen LogP) is 4.90. The zero-order valence-corrected chi connectivity index (χ0v) is 18.8. The van der Waals surface area contributed by atoms with Crippen LogP contribution >= 0.6 is 23.4 Å². The lowest BCUT2D eigenvalue weighted by atomic mass is 10.2. The van der Waals surface area contributed by atoms with E-state index in [0.717, 1.165) is 41.9 Å². The number of hydrogen-bond acceptors (Lipinski definition) is 7. The molecule has 7 nitrogen and oxygen atoms in total. The normalized spacial score (nSPS) is 13.8. The number of hydrogen-bond donors (Lipinski definition) is 2. The van der Waals surface area contributed by atoms with Crippen molar-refractivity contribution >= 4 is 52.3 Å². The van der Waals surface area contributed by atoms with Crippen molar-refractivity contribution in [1.82, 2.24) is 9.97 Å². The molecule has 2 aromatic carbocycles. The number of aromatic nitrogens is 2. The summed E-state index contributed by atoms with van der Waals surface area (Å²) in [4.78, 5) is 23.8. The van der Waals surface area contributed by atoms with Gasteiger partial charge in [0.15, 0.2) is 0 Å². The van der Waals surface area contributed by atoms with E-state index in [1.807, 2.05) is 42.5 Å². The van der Waals surface area contributed by atoms with E-state index in [0.29, 0.717) is 11.6 Å². The number of halogens is 1. The fourth-order valence-corrected chi connectivity index (χ4v) is 4.02. The van der Waals surface area contributed by atoms with Gasteiger partial charge in [0.25, 0.3) is 0 Å². The van der Waals surface area contributed by atoms with Gasteiger partial charge in [0.1, 0.15) is 5.03 Å². The van der Waals surface area contributed by atoms with Crippen LogP contribution in [-0.2, 0) is 9.53 Å². The number of carbonyl (C=O) groups is 1. The molecule has 0 spiro atoms. The highest BCUT2D eigenvalue weighted by Crippen LogP contribution is 2.28. The van der Waals surface area contributed by atoms with Gasteiger partial charge in [-0.3, -0.25) is 4.79 Å². The molecule has 3 aromatic rings. The van der Waals surface area contributed by atoms with Crippen molar-refractivity contribution in [3.8, 4) is 0 Å². The molecular weight excluding hydrogens is 446 g/mol. The maximum absolute atomic E-state index is 11.6. The van der Waals surface area contributed by atoms with Gasteiger partial charge in [0.2, 0.25) is 11.9 Å². The molecule has 2 heterocycles. The van der Waals surface area contributed by atoms with Crippen LogP contribution in [0.3, 0.4) is 0 Å². The summed E-state index contributed by atoms with van der Waals surface area (Å²) < 4.78 is 5.41. The molecule has 2 N–H and O–H groups in total. The van der Waals surface area contributed by atoms with Crippen LogP contribution in [0.15, 0.2) is 82.3 Å². The van der Waals surface area contributed by atoms with Crippen molar-refractivity contribution in [3.63, 3.8) is 0 Å². The van der Waals surface area contributed by atoms with E-state index in [4.69, 9.17) is 16.3 Å². The van der Waals surface area contributed by atoms with Gasteiger partial charge in [-0.05, 0) is 54.6 Å². The van der Waals surface area contributed by atoms with Crippen LogP contribution in [0.4, 0.5) is 23.0 Å². The monoisotopic (exact) mass is 467 g/mol. The highest BCUT2D eigenvalue weighted by molar-refractivity contribution is 7.99. The first-order chi connectivity index (χ1) is 15.7. The zero-order chi connectivity index (χ0) is 22.2. The van der Waals surface area contributed by atoms with Crippen molar-refractivity contribution in [2.75, 3.05) is 41.8 Å². The average Bonchev–Trinajstić information content (AvgIpc) is 2.82. The molecule has 0 unspecified atom stereocenters. The Balaban J connectivity index is 1.36. The van der Waals surface area contributed by atoms with Gasteiger partial charge in [0.05, 0.1) is 13.2 Å². The number of anilines is 4. The summed E-state index contributed by atoms with van der Waals surface area (Å²) in [5, 5.41) is 6.80. The standard InChI is InChI=1S/C23H22ClN5O2S/c24-11-9-21(30)26-17-3-7-20(8-4-17)32-22-10-12-25-23(28-22)27-18-1-5-19(6-2-18)29-13-15-31-16-14-29/h1-12H,13-16H2,(H,26,30)(H,25,27,28). The molecule has 0 aliphatic carbocycles. The summed E-state index contributed by atoms with van der Waals surface area (Å²) in [6.45, 7) is 3.35. The molecule has 1 saturated heterocycles. The van der Waals surface area contributed by atoms with Crippen LogP contribution in [0.25, 0.3) is 0 Å². The van der Waals surface area contributed by atoms with Gasteiger partial charge in [-0.15, -0.1) is 0 Å². The van der Waals surface area contributed by atoms with E-state index < -0.39 is 0 Å². The fourth-order valence-electron chi connectivity index (χ4n) is 3.13. The Morgan fingerprint density at radius 2 is 1.75 bits per heavy atom. The number of morpholine rings is 1. The van der Waals surface area contributed by atoms with E-state index in [2.05, 4.69) is 37.6 Å². The van der Waals surface area contributed by atoms with Crippen LogP contribution in [0.1, 0.15) is 0 Å². The molecular formula is C23H22ClN5O2S. The highest BCUT2D eigenvalue weighted by atomic mass is 35.5. The van der Waals surface area contributed by atoms with Crippen LogP contribution in [0.5, 0.6) is 0 Å². The summed E-state index contributed by atoms with van der Waals surface area (Å²) in [6, 6.07) is 17.6. The molecule has 0 bridgehead atoms. The lowest BCUT2D eigenvalue weighted by molar-refractivity contribution is -0.111. The Labute approximate surface area is 195 Å². The fraction of sp³-hybridized carbons (Fsp3) is 0.174. The topological polar surface area (TPSA) is 79.4 Å².